The highest BCUT2D eigenvalue weighted by Gasteiger charge is 2.10. The van der Waals surface area contributed by atoms with Crippen LogP contribution in [0.2, 0.25) is 5.02 Å². The number of rotatable bonds is 6. The smallest absolute Gasteiger partial charge is 0.187 e. The summed E-state index contributed by atoms with van der Waals surface area (Å²) in [6.07, 6.45) is 1.48. The van der Waals surface area contributed by atoms with E-state index in [0.717, 1.165) is 39.4 Å². The van der Waals surface area contributed by atoms with E-state index in [2.05, 4.69) is 20.7 Å². The molecular formula is C15H21ClN4O3S. The van der Waals surface area contributed by atoms with Crippen LogP contribution in [0.3, 0.4) is 0 Å². The molecule has 0 amide bonds. The van der Waals surface area contributed by atoms with Gasteiger partial charge in [0, 0.05) is 31.7 Å². The molecule has 1 aromatic rings. The highest BCUT2D eigenvalue weighted by Crippen LogP contribution is 2.35. The molecule has 132 valence electrons. The van der Waals surface area contributed by atoms with Crippen LogP contribution in [0.15, 0.2) is 17.2 Å². The Bertz CT molecular complexity index is 594. The first-order valence-corrected chi connectivity index (χ1v) is 8.33. The third-order valence-corrected chi connectivity index (χ3v) is 4.15. The Kier molecular flexibility index (Phi) is 7.51. The minimum absolute atomic E-state index is 0.116. The van der Waals surface area contributed by atoms with Crippen LogP contribution < -0.4 is 15.5 Å². The second-order valence-corrected chi connectivity index (χ2v) is 5.89. The van der Waals surface area contributed by atoms with Crippen molar-refractivity contribution in [1.29, 1.82) is 0 Å². The molecule has 0 aliphatic carbocycles. The van der Waals surface area contributed by atoms with Gasteiger partial charge in [-0.3, -0.25) is 10.3 Å². The van der Waals surface area contributed by atoms with E-state index < -0.39 is 0 Å². The van der Waals surface area contributed by atoms with Gasteiger partial charge in [0.25, 0.3) is 0 Å². The summed E-state index contributed by atoms with van der Waals surface area (Å²) < 4.78 is 10.3. The van der Waals surface area contributed by atoms with Crippen LogP contribution in [-0.2, 0) is 4.74 Å². The number of hydrazone groups is 1. The average molecular weight is 373 g/mol. The normalized spacial score (nSPS) is 15.4. The predicted octanol–water partition coefficient (Wildman–Crippen LogP) is 1.18. The van der Waals surface area contributed by atoms with Crippen molar-refractivity contribution in [3.05, 3.63) is 22.7 Å². The Morgan fingerprint density at radius 3 is 2.96 bits per heavy atom. The van der Waals surface area contributed by atoms with Gasteiger partial charge in [-0.15, -0.1) is 0 Å². The summed E-state index contributed by atoms with van der Waals surface area (Å²) in [5, 5.41) is 17.5. The molecule has 1 aliphatic heterocycles. The molecule has 0 atom stereocenters. The van der Waals surface area contributed by atoms with E-state index in [0.29, 0.717) is 16.4 Å². The molecule has 2 rings (SSSR count). The van der Waals surface area contributed by atoms with Crippen molar-refractivity contribution in [2.24, 2.45) is 5.10 Å². The molecule has 7 nitrogen and oxygen atoms in total. The molecule has 1 saturated heterocycles. The van der Waals surface area contributed by atoms with Gasteiger partial charge in [0.05, 0.1) is 31.6 Å². The van der Waals surface area contributed by atoms with Crippen LogP contribution >= 0.6 is 23.8 Å². The Hall–Kier alpha value is -1.61. The Morgan fingerprint density at radius 1 is 1.50 bits per heavy atom. The zero-order valence-electron chi connectivity index (χ0n) is 13.4. The number of nitrogens with one attached hydrogen (secondary N) is 2. The third kappa shape index (κ3) is 5.48. The number of phenolic OH excluding ortho intramolecular Hbond substituents is 1. The summed E-state index contributed by atoms with van der Waals surface area (Å²) in [5.41, 5.74) is 3.27. The maximum atomic E-state index is 9.84. The van der Waals surface area contributed by atoms with Gasteiger partial charge in [-0.05, 0) is 24.4 Å². The second-order valence-electron chi connectivity index (χ2n) is 5.10. The van der Waals surface area contributed by atoms with Crippen molar-refractivity contribution in [2.45, 2.75) is 0 Å². The molecule has 3 N–H and O–H groups in total. The number of thiocarbonyl (C=S) groups is 1. The highest BCUT2D eigenvalue weighted by molar-refractivity contribution is 7.80. The van der Waals surface area contributed by atoms with Crippen LogP contribution in [0.25, 0.3) is 0 Å². The van der Waals surface area contributed by atoms with Crippen molar-refractivity contribution in [1.82, 2.24) is 15.6 Å². The first-order valence-electron chi connectivity index (χ1n) is 7.54. The van der Waals surface area contributed by atoms with Gasteiger partial charge in [-0.2, -0.15) is 5.10 Å². The summed E-state index contributed by atoms with van der Waals surface area (Å²) >= 11 is 11.2. The number of morpholine rings is 1. The van der Waals surface area contributed by atoms with E-state index in [-0.39, 0.29) is 10.8 Å². The fraction of sp³-hybridized carbons (Fsp3) is 0.467. The molecule has 1 aromatic carbocycles. The molecule has 1 fully saturated rings. The van der Waals surface area contributed by atoms with Gasteiger partial charge in [-0.25, -0.2) is 0 Å². The highest BCUT2D eigenvalue weighted by atomic mass is 35.5. The SMILES string of the molecule is COc1ccc(/C=N/NC(=S)NCCN2CCOCC2)c(Cl)c1O. The minimum Gasteiger partial charge on any atom is -0.503 e. The Morgan fingerprint density at radius 2 is 2.25 bits per heavy atom. The molecular weight excluding hydrogens is 352 g/mol. The molecule has 0 saturated carbocycles. The first kappa shape index (κ1) is 18.7. The van der Waals surface area contributed by atoms with Crippen molar-refractivity contribution in [3.8, 4) is 11.5 Å². The molecule has 0 spiro atoms. The number of methoxy groups -OCH3 is 1. The number of phenols is 1. The summed E-state index contributed by atoms with van der Waals surface area (Å²) in [5.74, 6) is 0.194. The number of hydrogen-bond acceptors (Lipinski definition) is 6. The largest absolute Gasteiger partial charge is 0.503 e. The summed E-state index contributed by atoms with van der Waals surface area (Å²) in [4.78, 5) is 2.31. The fourth-order valence-electron chi connectivity index (χ4n) is 2.18. The van der Waals surface area contributed by atoms with Crippen LogP contribution in [0.5, 0.6) is 11.5 Å². The lowest BCUT2D eigenvalue weighted by Crippen LogP contribution is -2.42. The Balaban J connectivity index is 1.75. The molecule has 0 bridgehead atoms. The van der Waals surface area contributed by atoms with Crippen LogP contribution in [0.4, 0.5) is 0 Å². The van der Waals surface area contributed by atoms with Crippen LogP contribution in [0.1, 0.15) is 5.56 Å². The molecule has 0 unspecified atom stereocenters. The van der Waals surface area contributed by atoms with E-state index in [1.165, 1.54) is 13.3 Å². The van der Waals surface area contributed by atoms with Crippen molar-refractivity contribution in [2.75, 3.05) is 46.5 Å². The minimum atomic E-state index is -0.116. The van der Waals surface area contributed by atoms with Crippen molar-refractivity contribution in [3.63, 3.8) is 0 Å². The van der Waals surface area contributed by atoms with Crippen LogP contribution in [-0.4, -0.2) is 67.8 Å². The molecule has 24 heavy (non-hydrogen) atoms. The van der Waals surface area contributed by atoms with Crippen LogP contribution in [0, 0.1) is 0 Å². The number of ether oxygens (including phenoxy) is 2. The van der Waals surface area contributed by atoms with E-state index in [9.17, 15) is 5.11 Å². The lowest BCUT2D eigenvalue weighted by molar-refractivity contribution is 0.0389. The lowest BCUT2D eigenvalue weighted by Gasteiger charge is -2.26. The number of benzene rings is 1. The van der Waals surface area contributed by atoms with Gasteiger partial charge >= 0.3 is 0 Å². The topological polar surface area (TPSA) is 78.4 Å². The van der Waals surface area contributed by atoms with E-state index >= 15 is 0 Å². The predicted molar refractivity (Wildman–Crippen MR) is 98.3 cm³/mol. The first-order chi connectivity index (χ1) is 11.6. The van der Waals surface area contributed by atoms with Gasteiger partial charge in [0.2, 0.25) is 0 Å². The number of nitrogens with zero attached hydrogens (tertiary/aromatic N) is 2. The zero-order chi connectivity index (χ0) is 17.4. The lowest BCUT2D eigenvalue weighted by atomic mass is 10.2. The van der Waals surface area contributed by atoms with Gasteiger partial charge in [0.15, 0.2) is 16.6 Å². The number of aromatic hydroxyl groups is 1. The third-order valence-electron chi connectivity index (χ3n) is 3.52. The average Bonchev–Trinajstić information content (AvgIpc) is 2.60. The molecule has 9 heteroatoms. The van der Waals surface area contributed by atoms with Gasteiger partial charge < -0.3 is 19.9 Å². The standard InChI is InChI=1S/C15H21ClN4O3S/c1-22-12-3-2-11(13(16)14(12)21)10-18-19-15(24)17-4-5-20-6-8-23-9-7-20/h2-3,10,21H,4-9H2,1H3,(H2,17,19,24)/b18-10+. The quantitative estimate of drug-likeness (QED) is 0.393. The van der Waals surface area contributed by atoms with Crippen molar-refractivity contribution >= 4 is 35.1 Å². The van der Waals surface area contributed by atoms with E-state index in [1.54, 1.807) is 12.1 Å². The molecule has 0 radical (unpaired) electrons. The summed E-state index contributed by atoms with van der Waals surface area (Å²) in [6, 6.07) is 3.31. The molecule has 1 heterocycles. The summed E-state index contributed by atoms with van der Waals surface area (Å²) in [6.45, 7) is 5.07. The van der Waals surface area contributed by atoms with E-state index in [4.69, 9.17) is 33.3 Å². The maximum Gasteiger partial charge on any atom is 0.187 e. The fourth-order valence-corrected chi connectivity index (χ4v) is 2.54. The summed E-state index contributed by atoms with van der Waals surface area (Å²) in [7, 11) is 1.46. The number of hydrogen-bond donors (Lipinski definition) is 3. The monoisotopic (exact) mass is 372 g/mol. The Labute approximate surface area is 151 Å². The maximum absolute atomic E-state index is 9.84. The van der Waals surface area contributed by atoms with Gasteiger partial charge in [0.1, 0.15) is 0 Å². The van der Waals surface area contributed by atoms with Crippen molar-refractivity contribution < 1.29 is 14.6 Å². The zero-order valence-corrected chi connectivity index (χ0v) is 15.0. The molecule has 0 aromatic heterocycles. The molecule has 1 aliphatic rings. The van der Waals surface area contributed by atoms with Gasteiger partial charge in [-0.1, -0.05) is 11.6 Å². The van der Waals surface area contributed by atoms with E-state index in [1.807, 2.05) is 0 Å². The second kappa shape index (κ2) is 9.63. The number of halogens is 1.